The van der Waals surface area contributed by atoms with Gasteiger partial charge in [0.1, 0.15) is 0 Å². The Morgan fingerprint density at radius 2 is 1.68 bits per heavy atom. The number of ketones is 1. The fourth-order valence-electron chi connectivity index (χ4n) is 9.17. The number of carbonyl (C=O) groups is 1. The molecule has 2 spiro atoms. The van der Waals surface area contributed by atoms with Crippen molar-refractivity contribution in [2.45, 2.75) is 63.2 Å². The number of fused-ring (bicyclic) bond motifs is 5. The lowest BCUT2D eigenvalue weighted by atomic mass is 9.49. The molecule has 0 aliphatic heterocycles. The molecule has 10 bridgehead atoms. The van der Waals surface area contributed by atoms with Crippen LogP contribution in [0.1, 0.15) is 72.9 Å². The highest BCUT2D eigenvalue weighted by atomic mass is 16.1. The summed E-state index contributed by atoms with van der Waals surface area (Å²) in [6.07, 6.45) is 11.5. The zero-order valence-electron chi connectivity index (χ0n) is 16.4. The van der Waals surface area contributed by atoms with Crippen LogP contribution in [0.3, 0.4) is 0 Å². The van der Waals surface area contributed by atoms with Gasteiger partial charge in [-0.1, -0.05) is 35.4 Å². The van der Waals surface area contributed by atoms with Crippen molar-refractivity contribution in [1.82, 2.24) is 0 Å². The Kier molecular flexibility index (Phi) is 2.40. The van der Waals surface area contributed by atoms with E-state index in [1.807, 2.05) is 11.1 Å². The van der Waals surface area contributed by atoms with Gasteiger partial charge in [-0.25, -0.2) is 0 Å². The lowest BCUT2D eigenvalue weighted by Crippen LogP contribution is -2.46. The molecule has 0 saturated heterocycles. The van der Waals surface area contributed by atoms with E-state index in [1.54, 1.807) is 5.56 Å². The standard InChI is InChI=1S/C27H26O/c28-25-21-13-19-12-20-3-1-16(19)11-17(21)2-4-22(25)27-10-7-18(14-27)24-23(27)15-5-8-26(20,24)9-6-15/h1,3,11-13,15,18,22H,2,4-10,14H2. The Balaban J connectivity index is 1.56. The van der Waals surface area contributed by atoms with Crippen LogP contribution < -0.4 is 0 Å². The number of rotatable bonds is 0. The van der Waals surface area contributed by atoms with Gasteiger partial charge in [-0.3, -0.25) is 4.79 Å². The van der Waals surface area contributed by atoms with Gasteiger partial charge in [-0.05, 0) is 97.6 Å². The van der Waals surface area contributed by atoms with E-state index in [0.29, 0.717) is 5.78 Å². The Labute approximate surface area is 166 Å². The van der Waals surface area contributed by atoms with Gasteiger partial charge in [0.25, 0.3) is 0 Å². The fourth-order valence-corrected chi connectivity index (χ4v) is 9.17. The van der Waals surface area contributed by atoms with Gasteiger partial charge in [0.15, 0.2) is 5.78 Å². The quantitative estimate of drug-likeness (QED) is 0.512. The predicted octanol–water partition coefficient (Wildman–Crippen LogP) is 6.14. The second-order valence-corrected chi connectivity index (χ2v) is 10.8. The summed E-state index contributed by atoms with van der Waals surface area (Å²) in [6, 6.07) is 11.9. The summed E-state index contributed by atoms with van der Waals surface area (Å²) in [4.78, 5) is 13.9. The molecule has 9 rings (SSSR count). The van der Waals surface area contributed by atoms with Crippen LogP contribution in [-0.2, 0) is 11.8 Å². The third kappa shape index (κ3) is 1.42. The lowest BCUT2D eigenvalue weighted by molar-refractivity contribution is 0.0739. The first-order valence-electron chi connectivity index (χ1n) is 11.6. The normalized spacial score (nSPS) is 41.6. The van der Waals surface area contributed by atoms with Crippen LogP contribution in [0.15, 0.2) is 41.5 Å². The van der Waals surface area contributed by atoms with Gasteiger partial charge < -0.3 is 0 Å². The van der Waals surface area contributed by atoms with Gasteiger partial charge >= 0.3 is 0 Å². The van der Waals surface area contributed by atoms with Crippen LogP contribution in [0, 0.1) is 23.2 Å². The molecule has 2 aromatic carbocycles. The Bertz CT molecular complexity index is 1140. The summed E-state index contributed by atoms with van der Waals surface area (Å²) in [5, 5.41) is 2.63. The monoisotopic (exact) mass is 366 g/mol. The Hall–Kier alpha value is -1.89. The van der Waals surface area contributed by atoms with E-state index in [1.165, 1.54) is 61.3 Å². The Morgan fingerprint density at radius 1 is 0.821 bits per heavy atom. The summed E-state index contributed by atoms with van der Waals surface area (Å²) in [7, 11) is 0. The van der Waals surface area contributed by atoms with Crippen molar-refractivity contribution >= 4 is 16.6 Å². The minimum Gasteiger partial charge on any atom is -0.294 e. The van der Waals surface area contributed by atoms with E-state index in [4.69, 9.17) is 0 Å². The summed E-state index contributed by atoms with van der Waals surface area (Å²) in [5.41, 5.74) is 8.13. The maximum atomic E-state index is 13.9. The van der Waals surface area contributed by atoms with Crippen LogP contribution in [0.25, 0.3) is 10.8 Å². The van der Waals surface area contributed by atoms with Crippen molar-refractivity contribution in [1.29, 1.82) is 0 Å². The molecule has 140 valence electrons. The van der Waals surface area contributed by atoms with Crippen molar-refractivity contribution in [3.8, 4) is 0 Å². The molecule has 2 fully saturated rings. The number of carbonyl (C=O) groups excluding carboxylic acids is 1. The number of aryl methyl sites for hydroxylation is 1. The van der Waals surface area contributed by atoms with Crippen LogP contribution in [-0.4, -0.2) is 5.78 Å². The van der Waals surface area contributed by atoms with E-state index < -0.39 is 0 Å². The molecule has 0 aromatic heterocycles. The third-order valence-electron chi connectivity index (χ3n) is 10.1. The number of allylic oxidation sites excluding steroid dienone is 2. The largest absolute Gasteiger partial charge is 0.294 e. The van der Waals surface area contributed by atoms with Crippen molar-refractivity contribution in [2.24, 2.45) is 23.2 Å². The first kappa shape index (κ1) is 15.0. The summed E-state index contributed by atoms with van der Waals surface area (Å²) in [6.45, 7) is 0. The van der Waals surface area contributed by atoms with E-state index >= 15 is 0 Å². The van der Waals surface area contributed by atoms with Crippen molar-refractivity contribution < 1.29 is 4.79 Å². The van der Waals surface area contributed by atoms with Gasteiger partial charge in [0, 0.05) is 22.3 Å². The first-order valence-corrected chi connectivity index (χ1v) is 11.6. The third-order valence-corrected chi connectivity index (χ3v) is 10.1. The number of Topliss-reactive ketones (excluding diaryl/α,β-unsaturated/α-hetero) is 1. The molecule has 3 atom stereocenters. The molecule has 0 radical (unpaired) electrons. The van der Waals surface area contributed by atoms with Crippen molar-refractivity contribution in [3.63, 3.8) is 0 Å². The minimum absolute atomic E-state index is 0.220. The number of hydrogen-bond acceptors (Lipinski definition) is 1. The molecule has 7 aliphatic carbocycles. The van der Waals surface area contributed by atoms with E-state index in [9.17, 15) is 4.79 Å². The molecule has 3 unspecified atom stereocenters. The zero-order chi connectivity index (χ0) is 18.3. The smallest absolute Gasteiger partial charge is 0.167 e. The highest BCUT2D eigenvalue weighted by Crippen LogP contribution is 2.73. The van der Waals surface area contributed by atoms with Gasteiger partial charge in [-0.15, -0.1) is 0 Å². The Morgan fingerprint density at radius 3 is 2.57 bits per heavy atom. The first-order chi connectivity index (χ1) is 13.7. The van der Waals surface area contributed by atoms with Crippen LogP contribution in [0.5, 0.6) is 0 Å². The van der Waals surface area contributed by atoms with Gasteiger partial charge in [0.2, 0.25) is 0 Å². The highest BCUT2D eigenvalue weighted by molar-refractivity contribution is 6.04. The zero-order valence-corrected chi connectivity index (χ0v) is 16.4. The van der Waals surface area contributed by atoms with E-state index in [2.05, 4.69) is 30.3 Å². The molecule has 28 heavy (non-hydrogen) atoms. The topological polar surface area (TPSA) is 17.1 Å². The maximum Gasteiger partial charge on any atom is 0.167 e. The van der Waals surface area contributed by atoms with Gasteiger partial charge in [-0.2, -0.15) is 0 Å². The van der Waals surface area contributed by atoms with Gasteiger partial charge in [0.05, 0.1) is 0 Å². The molecule has 7 aliphatic rings. The second-order valence-electron chi connectivity index (χ2n) is 10.8. The molecular formula is C27H26O. The second kappa shape index (κ2) is 4.48. The number of hydrogen-bond donors (Lipinski definition) is 0. The van der Waals surface area contributed by atoms with Crippen LogP contribution in [0.4, 0.5) is 0 Å². The maximum absolute atomic E-state index is 13.9. The predicted molar refractivity (Wildman–Crippen MR) is 111 cm³/mol. The summed E-state index contributed by atoms with van der Waals surface area (Å²) >= 11 is 0. The highest BCUT2D eigenvalue weighted by Gasteiger charge is 2.64. The molecule has 0 amide bonds. The van der Waals surface area contributed by atoms with Crippen molar-refractivity contribution in [2.75, 3.05) is 0 Å². The van der Waals surface area contributed by atoms with Crippen molar-refractivity contribution in [3.05, 3.63) is 58.2 Å². The van der Waals surface area contributed by atoms with Crippen LogP contribution in [0.2, 0.25) is 0 Å². The number of benzene rings is 2. The summed E-state index contributed by atoms with van der Waals surface area (Å²) in [5.74, 6) is 2.29. The molecule has 0 heterocycles. The van der Waals surface area contributed by atoms with E-state index in [0.717, 1.165) is 30.2 Å². The summed E-state index contributed by atoms with van der Waals surface area (Å²) < 4.78 is 0. The minimum atomic E-state index is 0.220. The molecule has 1 nitrogen and oxygen atoms in total. The average Bonchev–Trinajstić information content (AvgIpc) is 3.32. The molecule has 1 heteroatoms. The van der Waals surface area contributed by atoms with Crippen LogP contribution >= 0.6 is 0 Å². The molecule has 2 aromatic rings. The fraction of sp³-hybridized carbons (Fsp3) is 0.519. The molecular weight excluding hydrogens is 340 g/mol. The molecule has 0 N–H and O–H groups in total. The van der Waals surface area contributed by atoms with E-state index in [-0.39, 0.29) is 16.7 Å². The SMILES string of the molecule is O=C1c2cc3cc4ccc3cc2CCC1C12CCC(C1)C1=C2C2CCC14CC2. The average molecular weight is 367 g/mol. The lowest BCUT2D eigenvalue weighted by Gasteiger charge is -2.54. The molecule has 2 saturated carbocycles.